The van der Waals surface area contributed by atoms with Gasteiger partial charge in [0.1, 0.15) is 5.76 Å². The zero-order chi connectivity index (χ0) is 9.14. The lowest BCUT2D eigenvalue weighted by molar-refractivity contribution is 0.0905. The molecule has 1 unspecified atom stereocenters. The molecule has 0 amide bonds. The zero-order valence-electron chi connectivity index (χ0n) is 7.33. The number of furan rings is 1. The number of hydrogen-bond acceptors (Lipinski definition) is 3. The van der Waals surface area contributed by atoms with Crippen LogP contribution in [0, 0.1) is 12.8 Å². The van der Waals surface area contributed by atoms with E-state index >= 15 is 0 Å². The predicted octanol–water partition coefficient (Wildman–Crippen LogP) is 1.37. The molecular formula is C9H13NO2. The summed E-state index contributed by atoms with van der Waals surface area (Å²) in [4.78, 5) is 11.4. The SMILES string of the molecule is Cc1ccc(C(=O)C(C)CN)o1. The molecule has 0 radical (unpaired) electrons. The van der Waals surface area contributed by atoms with Gasteiger partial charge in [-0.2, -0.15) is 0 Å². The van der Waals surface area contributed by atoms with Crippen molar-refractivity contribution >= 4 is 5.78 Å². The number of aryl methyl sites for hydroxylation is 1. The highest BCUT2D eigenvalue weighted by molar-refractivity contribution is 5.95. The van der Waals surface area contributed by atoms with Gasteiger partial charge in [0.25, 0.3) is 0 Å². The van der Waals surface area contributed by atoms with Crippen molar-refractivity contribution in [1.29, 1.82) is 0 Å². The molecule has 2 N–H and O–H groups in total. The summed E-state index contributed by atoms with van der Waals surface area (Å²) in [6.45, 7) is 3.96. The van der Waals surface area contributed by atoms with Crippen LogP contribution in [0.5, 0.6) is 0 Å². The molecule has 0 spiro atoms. The molecule has 1 heterocycles. The Morgan fingerprint density at radius 2 is 2.33 bits per heavy atom. The number of rotatable bonds is 3. The van der Waals surface area contributed by atoms with Crippen LogP contribution < -0.4 is 5.73 Å². The quantitative estimate of drug-likeness (QED) is 0.691. The van der Waals surface area contributed by atoms with E-state index in [4.69, 9.17) is 10.2 Å². The Bertz CT molecular complexity index is 278. The van der Waals surface area contributed by atoms with Crippen LogP contribution in [0.25, 0.3) is 0 Å². The average molecular weight is 167 g/mol. The standard InChI is InChI=1S/C9H13NO2/c1-6(5-10)9(11)8-4-3-7(2)12-8/h3-4,6H,5,10H2,1-2H3. The molecular weight excluding hydrogens is 154 g/mol. The first-order valence-corrected chi connectivity index (χ1v) is 3.96. The number of ketones is 1. The molecule has 66 valence electrons. The van der Waals surface area contributed by atoms with Crippen LogP contribution in [0.1, 0.15) is 23.2 Å². The second-order valence-electron chi connectivity index (χ2n) is 2.91. The molecule has 1 aromatic rings. The summed E-state index contributed by atoms with van der Waals surface area (Å²) < 4.78 is 5.16. The van der Waals surface area contributed by atoms with Gasteiger partial charge in [-0.15, -0.1) is 0 Å². The Kier molecular flexibility index (Phi) is 2.65. The van der Waals surface area contributed by atoms with E-state index in [1.807, 2.05) is 6.92 Å². The first kappa shape index (κ1) is 9.00. The van der Waals surface area contributed by atoms with Crippen LogP contribution in [0.3, 0.4) is 0 Å². The van der Waals surface area contributed by atoms with Crippen LogP contribution in [-0.2, 0) is 0 Å². The summed E-state index contributed by atoms with van der Waals surface area (Å²) in [5.41, 5.74) is 5.35. The van der Waals surface area contributed by atoms with Gasteiger partial charge >= 0.3 is 0 Å². The van der Waals surface area contributed by atoms with Gasteiger partial charge < -0.3 is 10.2 Å². The maximum atomic E-state index is 11.4. The van der Waals surface area contributed by atoms with Crippen molar-refractivity contribution in [3.8, 4) is 0 Å². The Balaban J connectivity index is 2.78. The molecule has 0 saturated heterocycles. The molecule has 1 aromatic heterocycles. The molecule has 1 atom stereocenters. The molecule has 0 aliphatic rings. The molecule has 3 heteroatoms. The molecule has 12 heavy (non-hydrogen) atoms. The van der Waals surface area contributed by atoms with Gasteiger partial charge in [-0.05, 0) is 19.1 Å². The number of carbonyl (C=O) groups excluding carboxylic acids is 1. The molecule has 0 aliphatic heterocycles. The van der Waals surface area contributed by atoms with Crippen LogP contribution in [0.2, 0.25) is 0 Å². The molecule has 0 bridgehead atoms. The van der Waals surface area contributed by atoms with Gasteiger partial charge in [-0.3, -0.25) is 4.79 Å². The molecule has 1 rings (SSSR count). The van der Waals surface area contributed by atoms with Crippen LogP contribution in [-0.4, -0.2) is 12.3 Å². The topological polar surface area (TPSA) is 56.2 Å². The average Bonchev–Trinajstić information content (AvgIpc) is 2.49. The van der Waals surface area contributed by atoms with Crippen molar-refractivity contribution in [1.82, 2.24) is 0 Å². The predicted molar refractivity (Wildman–Crippen MR) is 46.0 cm³/mol. The highest BCUT2D eigenvalue weighted by Gasteiger charge is 2.16. The number of hydrogen-bond donors (Lipinski definition) is 1. The summed E-state index contributed by atoms with van der Waals surface area (Å²) in [7, 11) is 0. The summed E-state index contributed by atoms with van der Waals surface area (Å²) in [6, 6.07) is 3.46. The highest BCUT2D eigenvalue weighted by atomic mass is 16.3. The Labute approximate surface area is 71.6 Å². The molecule has 0 fully saturated rings. The van der Waals surface area contributed by atoms with Gasteiger partial charge in [0.15, 0.2) is 5.76 Å². The maximum Gasteiger partial charge on any atom is 0.202 e. The summed E-state index contributed by atoms with van der Waals surface area (Å²) in [5, 5.41) is 0. The van der Waals surface area contributed by atoms with Crippen molar-refractivity contribution in [3.63, 3.8) is 0 Å². The van der Waals surface area contributed by atoms with Gasteiger partial charge in [0.2, 0.25) is 5.78 Å². The Morgan fingerprint density at radius 1 is 1.67 bits per heavy atom. The second-order valence-corrected chi connectivity index (χ2v) is 2.91. The largest absolute Gasteiger partial charge is 0.458 e. The van der Waals surface area contributed by atoms with E-state index in [9.17, 15) is 4.79 Å². The smallest absolute Gasteiger partial charge is 0.202 e. The van der Waals surface area contributed by atoms with Gasteiger partial charge in [0, 0.05) is 12.5 Å². The molecule has 3 nitrogen and oxygen atoms in total. The van der Waals surface area contributed by atoms with E-state index in [-0.39, 0.29) is 11.7 Å². The van der Waals surface area contributed by atoms with Gasteiger partial charge in [-0.1, -0.05) is 6.92 Å². The van der Waals surface area contributed by atoms with Crippen molar-refractivity contribution < 1.29 is 9.21 Å². The fraction of sp³-hybridized carbons (Fsp3) is 0.444. The van der Waals surface area contributed by atoms with E-state index in [1.54, 1.807) is 19.1 Å². The fourth-order valence-corrected chi connectivity index (χ4v) is 0.917. The lowest BCUT2D eigenvalue weighted by Crippen LogP contribution is -2.20. The van der Waals surface area contributed by atoms with Crippen LogP contribution in [0.15, 0.2) is 16.5 Å². The third kappa shape index (κ3) is 1.74. The monoisotopic (exact) mass is 167 g/mol. The molecule has 0 saturated carbocycles. The minimum absolute atomic E-state index is 0.0226. The fourth-order valence-electron chi connectivity index (χ4n) is 0.917. The third-order valence-electron chi connectivity index (χ3n) is 1.78. The zero-order valence-corrected chi connectivity index (χ0v) is 7.33. The number of Topliss-reactive ketones (excluding diaryl/α,β-unsaturated/α-hetero) is 1. The third-order valence-corrected chi connectivity index (χ3v) is 1.78. The number of carbonyl (C=O) groups is 1. The first-order chi connectivity index (χ1) is 5.65. The van der Waals surface area contributed by atoms with Crippen LogP contribution in [0.4, 0.5) is 0 Å². The van der Waals surface area contributed by atoms with Gasteiger partial charge in [-0.25, -0.2) is 0 Å². The van der Waals surface area contributed by atoms with E-state index < -0.39 is 0 Å². The highest BCUT2D eigenvalue weighted by Crippen LogP contribution is 2.11. The van der Waals surface area contributed by atoms with Crippen LogP contribution >= 0.6 is 0 Å². The maximum absolute atomic E-state index is 11.4. The summed E-state index contributed by atoms with van der Waals surface area (Å²) in [6.07, 6.45) is 0. The van der Waals surface area contributed by atoms with Crippen molar-refractivity contribution in [2.45, 2.75) is 13.8 Å². The van der Waals surface area contributed by atoms with Gasteiger partial charge in [0.05, 0.1) is 0 Å². The van der Waals surface area contributed by atoms with E-state index in [0.29, 0.717) is 12.3 Å². The van der Waals surface area contributed by atoms with Crippen molar-refractivity contribution in [3.05, 3.63) is 23.7 Å². The lowest BCUT2D eigenvalue weighted by Gasteiger charge is -2.03. The lowest BCUT2D eigenvalue weighted by atomic mass is 10.1. The first-order valence-electron chi connectivity index (χ1n) is 3.96. The molecule has 0 aromatic carbocycles. The van der Waals surface area contributed by atoms with E-state index in [0.717, 1.165) is 5.76 Å². The summed E-state index contributed by atoms with van der Waals surface area (Å²) >= 11 is 0. The second kappa shape index (κ2) is 3.54. The molecule has 0 aliphatic carbocycles. The number of nitrogens with two attached hydrogens (primary N) is 1. The Morgan fingerprint density at radius 3 is 2.75 bits per heavy atom. The van der Waals surface area contributed by atoms with Crippen molar-refractivity contribution in [2.24, 2.45) is 11.7 Å². The van der Waals surface area contributed by atoms with E-state index in [1.165, 1.54) is 0 Å². The minimum Gasteiger partial charge on any atom is -0.458 e. The normalized spacial score (nSPS) is 12.9. The minimum atomic E-state index is -0.157. The van der Waals surface area contributed by atoms with E-state index in [2.05, 4.69) is 0 Å². The Hall–Kier alpha value is -1.09. The summed E-state index contributed by atoms with van der Waals surface area (Å²) in [5.74, 6) is 0.981. The van der Waals surface area contributed by atoms with Crippen molar-refractivity contribution in [2.75, 3.05) is 6.54 Å².